The Morgan fingerprint density at radius 2 is 1.85 bits per heavy atom. The number of carbonyl (C=O) groups excluding carboxylic acids is 1. The molecule has 4 heterocycles. The summed E-state index contributed by atoms with van der Waals surface area (Å²) in [6.07, 6.45) is 2.45. The molecule has 3 aromatic rings. The fraction of sp³-hybridized carbons (Fsp3) is 0.200. The van der Waals surface area contributed by atoms with Gasteiger partial charge in [0.15, 0.2) is 5.84 Å². The van der Waals surface area contributed by atoms with Crippen LogP contribution in [0.15, 0.2) is 57.4 Å². The lowest BCUT2D eigenvalue weighted by Crippen LogP contribution is -2.35. The van der Waals surface area contributed by atoms with Crippen LogP contribution in [0.3, 0.4) is 0 Å². The maximum absolute atomic E-state index is 12.9. The maximum Gasteiger partial charge on any atom is 0.283 e. The first-order valence-electron chi connectivity index (χ1n) is 10.6. The molecule has 0 spiro atoms. The summed E-state index contributed by atoms with van der Waals surface area (Å²) in [5.74, 6) is -0.334. The van der Waals surface area contributed by atoms with E-state index in [-0.39, 0.29) is 11.4 Å². The molecule has 0 atom stereocenters. The third-order valence-electron chi connectivity index (χ3n) is 5.84. The number of hydrogen-bond acceptors (Lipinski definition) is 5. The predicted octanol–water partition coefficient (Wildman–Crippen LogP) is 5.63. The molecule has 166 valence electrons. The number of nitrogens with one attached hydrogen (secondary N) is 1. The Hall–Kier alpha value is -3.23. The normalized spacial score (nSPS) is 17.0. The number of fused-ring (bicyclic) bond motifs is 1. The van der Waals surface area contributed by atoms with Crippen molar-refractivity contribution >= 4 is 51.1 Å². The molecule has 0 saturated carbocycles. The lowest BCUT2D eigenvalue weighted by Gasteiger charge is -2.20. The first-order valence-corrected chi connectivity index (χ1v) is 12.3. The molecule has 0 radical (unpaired) electrons. The minimum Gasteiger partial charge on any atom is -0.317 e. The van der Waals surface area contributed by atoms with E-state index >= 15 is 0 Å². The van der Waals surface area contributed by atoms with E-state index in [4.69, 9.17) is 5.41 Å². The van der Waals surface area contributed by atoms with Gasteiger partial charge in [0, 0.05) is 22.7 Å². The fourth-order valence-corrected chi connectivity index (χ4v) is 5.97. The zero-order chi connectivity index (χ0) is 23.3. The second-order valence-electron chi connectivity index (χ2n) is 8.17. The van der Waals surface area contributed by atoms with Crippen LogP contribution in [0.4, 0.5) is 0 Å². The third kappa shape index (κ3) is 3.79. The number of amides is 1. The van der Waals surface area contributed by atoms with Gasteiger partial charge < -0.3 is 4.57 Å². The topological polar surface area (TPSA) is 73.8 Å². The molecule has 0 bridgehead atoms. The summed E-state index contributed by atoms with van der Waals surface area (Å²) in [5, 5.41) is 18.1. The van der Waals surface area contributed by atoms with Gasteiger partial charge in [0.25, 0.3) is 5.91 Å². The molecule has 1 aromatic carbocycles. The number of rotatable bonds is 4. The van der Waals surface area contributed by atoms with Gasteiger partial charge in [-0.2, -0.15) is 15.1 Å². The van der Waals surface area contributed by atoms with Crippen LogP contribution in [0.25, 0.3) is 11.8 Å². The fourth-order valence-electron chi connectivity index (χ4n) is 4.26. The number of para-hydroxylation sites is 1. The highest BCUT2D eigenvalue weighted by atomic mass is 32.2. The largest absolute Gasteiger partial charge is 0.317 e. The predicted molar refractivity (Wildman–Crippen MR) is 138 cm³/mol. The lowest BCUT2D eigenvalue weighted by molar-refractivity contribution is -0.114. The molecule has 0 fully saturated rings. The van der Waals surface area contributed by atoms with Crippen molar-refractivity contribution in [2.24, 2.45) is 10.1 Å². The highest BCUT2D eigenvalue weighted by Crippen LogP contribution is 2.32. The molecule has 0 saturated heterocycles. The summed E-state index contributed by atoms with van der Waals surface area (Å²) in [6, 6.07) is 12.4. The van der Waals surface area contributed by atoms with Gasteiger partial charge in [0.05, 0.1) is 11.3 Å². The molecule has 0 aliphatic carbocycles. The molecule has 0 unspecified atom stereocenters. The number of aromatic nitrogens is 1. The number of aryl methyl sites for hydroxylation is 3. The van der Waals surface area contributed by atoms with E-state index in [1.165, 1.54) is 32.8 Å². The second kappa shape index (κ2) is 8.28. The van der Waals surface area contributed by atoms with Gasteiger partial charge in [0.2, 0.25) is 5.17 Å². The van der Waals surface area contributed by atoms with Gasteiger partial charge in [-0.15, -0.1) is 11.3 Å². The summed E-state index contributed by atoms with van der Waals surface area (Å²) in [7, 11) is 0. The molecule has 2 aliphatic heterocycles. The monoisotopic (exact) mass is 473 g/mol. The van der Waals surface area contributed by atoms with E-state index in [9.17, 15) is 4.79 Å². The van der Waals surface area contributed by atoms with Crippen molar-refractivity contribution in [3.05, 3.63) is 80.3 Å². The van der Waals surface area contributed by atoms with Gasteiger partial charge in [-0.25, -0.2) is 0 Å². The van der Waals surface area contributed by atoms with Crippen LogP contribution in [0, 0.1) is 33.1 Å². The first-order chi connectivity index (χ1) is 15.8. The van der Waals surface area contributed by atoms with Crippen LogP contribution in [-0.4, -0.2) is 31.5 Å². The Morgan fingerprint density at radius 1 is 1.09 bits per heavy atom. The molecule has 6 nitrogen and oxygen atoms in total. The van der Waals surface area contributed by atoms with Crippen molar-refractivity contribution < 1.29 is 4.79 Å². The summed E-state index contributed by atoms with van der Waals surface area (Å²) >= 11 is 3.02. The lowest BCUT2D eigenvalue weighted by atomic mass is 10.1. The molecule has 1 N–H and O–H groups in total. The zero-order valence-electron chi connectivity index (χ0n) is 18.8. The number of thiophene rings is 1. The number of nitrogens with zero attached hydrogens (tertiary/aromatic N) is 4. The van der Waals surface area contributed by atoms with Crippen molar-refractivity contribution in [1.29, 1.82) is 5.41 Å². The molecule has 2 aliphatic rings. The summed E-state index contributed by atoms with van der Waals surface area (Å²) in [5.41, 5.74) is 6.77. The molecule has 1 amide bonds. The van der Waals surface area contributed by atoms with Crippen LogP contribution in [0.2, 0.25) is 0 Å². The highest BCUT2D eigenvalue weighted by molar-refractivity contribution is 8.27. The SMILES string of the molecule is Cc1cccc(C)c1-n1c(C)cc(C=C2C(=N)N3N=C(Cc4cccs4)SC3=NC2=O)c1C. The van der Waals surface area contributed by atoms with Crippen molar-refractivity contribution in [3.63, 3.8) is 0 Å². The molecular weight excluding hydrogens is 450 g/mol. The Labute approximate surface area is 200 Å². The highest BCUT2D eigenvalue weighted by Gasteiger charge is 2.35. The number of aliphatic imine (C=N–C) groups is 1. The van der Waals surface area contributed by atoms with E-state index in [0.717, 1.165) is 27.7 Å². The summed E-state index contributed by atoms with van der Waals surface area (Å²) in [6.45, 7) is 8.31. The smallest absolute Gasteiger partial charge is 0.283 e. The number of amidine groups is 2. The van der Waals surface area contributed by atoms with Crippen LogP contribution >= 0.6 is 23.1 Å². The van der Waals surface area contributed by atoms with Crippen molar-refractivity contribution in [2.45, 2.75) is 34.1 Å². The van der Waals surface area contributed by atoms with Crippen molar-refractivity contribution in [3.8, 4) is 5.69 Å². The average molecular weight is 474 g/mol. The minimum absolute atomic E-state index is 0.0653. The quantitative estimate of drug-likeness (QED) is 0.499. The Bertz CT molecular complexity index is 1370. The van der Waals surface area contributed by atoms with Crippen molar-refractivity contribution in [2.75, 3.05) is 0 Å². The van der Waals surface area contributed by atoms with Gasteiger partial charge >= 0.3 is 0 Å². The zero-order valence-corrected chi connectivity index (χ0v) is 20.5. The van der Waals surface area contributed by atoms with E-state index in [0.29, 0.717) is 11.6 Å². The number of benzene rings is 1. The van der Waals surface area contributed by atoms with Gasteiger partial charge in [-0.3, -0.25) is 10.2 Å². The van der Waals surface area contributed by atoms with Gasteiger partial charge in [-0.05, 0) is 79.7 Å². The maximum atomic E-state index is 12.9. The standard InChI is InChI=1S/C25H23N5OS2/c1-14-7-5-8-15(2)22(14)29-16(3)11-18(17(29)4)12-20-23(26)30-25(27-24(20)31)33-21(28-30)13-19-9-6-10-32-19/h5-12,26H,13H2,1-4H3. The van der Waals surface area contributed by atoms with Crippen LogP contribution in [0.1, 0.15) is 33.0 Å². The Morgan fingerprint density at radius 3 is 2.55 bits per heavy atom. The van der Waals surface area contributed by atoms with Crippen LogP contribution in [-0.2, 0) is 11.2 Å². The summed E-state index contributed by atoms with van der Waals surface area (Å²) < 4.78 is 2.21. The second-order valence-corrected chi connectivity index (χ2v) is 10.2. The van der Waals surface area contributed by atoms with Crippen LogP contribution in [0.5, 0.6) is 0 Å². The Kier molecular flexibility index (Phi) is 5.42. The number of hydrazone groups is 1. The molecule has 5 rings (SSSR count). The average Bonchev–Trinajstić information content (AvgIpc) is 3.47. The first kappa shape index (κ1) is 21.6. The van der Waals surface area contributed by atoms with Gasteiger partial charge in [0.1, 0.15) is 5.04 Å². The van der Waals surface area contributed by atoms with Crippen molar-refractivity contribution in [1.82, 2.24) is 9.58 Å². The minimum atomic E-state index is -0.400. The van der Waals surface area contributed by atoms with E-state index in [2.05, 4.69) is 65.8 Å². The number of thioether (sulfide) groups is 1. The molecular formula is C25H23N5OS2. The molecule has 8 heteroatoms. The molecule has 33 heavy (non-hydrogen) atoms. The Balaban J connectivity index is 1.50. The molecule has 2 aromatic heterocycles. The van der Waals surface area contributed by atoms with E-state index in [1.54, 1.807) is 17.4 Å². The van der Waals surface area contributed by atoms with Gasteiger partial charge in [-0.1, -0.05) is 24.3 Å². The third-order valence-corrected chi connectivity index (χ3v) is 7.62. The summed E-state index contributed by atoms with van der Waals surface area (Å²) in [4.78, 5) is 18.3. The van der Waals surface area contributed by atoms with E-state index < -0.39 is 5.91 Å². The number of hydrogen-bond donors (Lipinski definition) is 1. The van der Waals surface area contributed by atoms with E-state index in [1.807, 2.05) is 18.4 Å². The number of carbonyl (C=O) groups is 1. The van der Waals surface area contributed by atoms with Crippen LogP contribution < -0.4 is 0 Å².